The number of halogens is 1. The molecule has 0 heterocycles. The standard InChI is InChI=1S/C25H35FN2O/c26-11-10-23-12-18-13-24(15-23,19-4-2-1-3-5-19)17-25(14-18,16-23)22(29)28-21-8-6-20(27)7-9-21/h1-5,18,20-21H,6-17,27H2,(H,28,29)/t18?,20?,21?,23-,24-,25-/m1/s1. The van der Waals surface area contributed by atoms with Gasteiger partial charge in [0, 0.05) is 12.1 Å². The molecule has 5 aliphatic carbocycles. The van der Waals surface area contributed by atoms with Crippen LogP contribution in [0, 0.1) is 16.7 Å². The van der Waals surface area contributed by atoms with Crippen LogP contribution in [0.4, 0.5) is 4.39 Å². The fourth-order valence-electron chi connectivity index (χ4n) is 8.09. The van der Waals surface area contributed by atoms with Crippen molar-refractivity contribution in [1.29, 1.82) is 0 Å². The van der Waals surface area contributed by atoms with Gasteiger partial charge >= 0.3 is 0 Å². The second-order valence-electron chi connectivity index (χ2n) is 11.0. The Labute approximate surface area is 174 Å². The molecule has 29 heavy (non-hydrogen) atoms. The van der Waals surface area contributed by atoms with Gasteiger partial charge in [0.25, 0.3) is 0 Å². The second-order valence-corrected chi connectivity index (χ2v) is 11.0. The lowest BCUT2D eigenvalue weighted by Gasteiger charge is -2.66. The molecule has 0 spiro atoms. The van der Waals surface area contributed by atoms with E-state index in [1.165, 1.54) is 12.0 Å². The molecule has 1 aromatic carbocycles. The summed E-state index contributed by atoms with van der Waals surface area (Å²) < 4.78 is 13.7. The fourth-order valence-corrected chi connectivity index (χ4v) is 8.09. The molecule has 3 N–H and O–H groups in total. The van der Waals surface area contributed by atoms with Gasteiger partial charge in [-0.05, 0) is 92.9 Å². The first-order valence-corrected chi connectivity index (χ1v) is 11.6. The lowest BCUT2D eigenvalue weighted by molar-refractivity contribution is -0.165. The fraction of sp³-hybridized carbons (Fsp3) is 0.720. The molecule has 5 aliphatic rings. The highest BCUT2D eigenvalue weighted by atomic mass is 19.1. The van der Waals surface area contributed by atoms with Crippen LogP contribution in [0.15, 0.2) is 30.3 Å². The van der Waals surface area contributed by atoms with Crippen molar-refractivity contribution in [2.45, 2.75) is 88.1 Å². The molecule has 0 aliphatic heterocycles. The van der Waals surface area contributed by atoms with Crippen LogP contribution in [-0.2, 0) is 10.2 Å². The monoisotopic (exact) mass is 398 g/mol. The van der Waals surface area contributed by atoms with E-state index in [9.17, 15) is 9.18 Å². The Morgan fingerprint density at radius 1 is 1.03 bits per heavy atom. The van der Waals surface area contributed by atoms with Gasteiger partial charge in [-0.25, -0.2) is 0 Å². The predicted octanol–water partition coefficient (Wildman–Crippen LogP) is 4.64. The number of carbonyl (C=O) groups excluding carboxylic acids is 1. The summed E-state index contributed by atoms with van der Waals surface area (Å²) in [5, 5.41) is 3.44. The molecule has 5 fully saturated rings. The third kappa shape index (κ3) is 3.32. The first kappa shape index (κ1) is 19.5. The molecule has 1 unspecified atom stereocenters. The van der Waals surface area contributed by atoms with Crippen LogP contribution >= 0.6 is 0 Å². The summed E-state index contributed by atoms with van der Waals surface area (Å²) in [6, 6.07) is 11.3. The van der Waals surface area contributed by atoms with Crippen LogP contribution in [0.3, 0.4) is 0 Å². The second kappa shape index (κ2) is 7.08. The normalized spacial score (nSPS) is 43.3. The van der Waals surface area contributed by atoms with E-state index in [2.05, 4.69) is 35.6 Å². The molecule has 0 radical (unpaired) electrons. The van der Waals surface area contributed by atoms with E-state index >= 15 is 0 Å². The van der Waals surface area contributed by atoms with Crippen molar-refractivity contribution in [3.63, 3.8) is 0 Å². The van der Waals surface area contributed by atoms with Crippen molar-refractivity contribution < 1.29 is 9.18 Å². The van der Waals surface area contributed by atoms with Gasteiger partial charge in [0.2, 0.25) is 5.91 Å². The quantitative estimate of drug-likeness (QED) is 0.759. The van der Waals surface area contributed by atoms with Crippen molar-refractivity contribution in [2.24, 2.45) is 22.5 Å². The summed E-state index contributed by atoms with van der Waals surface area (Å²) in [4.78, 5) is 13.7. The van der Waals surface area contributed by atoms with E-state index in [0.717, 1.165) is 57.8 Å². The first-order chi connectivity index (χ1) is 14.0. The van der Waals surface area contributed by atoms with Crippen molar-refractivity contribution >= 4 is 5.91 Å². The summed E-state index contributed by atoms with van der Waals surface area (Å²) in [6.45, 7) is -0.268. The summed E-state index contributed by atoms with van der Waals surface area (Å²) >= 11 is 0. The summed E-state index contributed by atoms with van der Waals surface area (Å²) in [6.07, 6.45) is 10.7. The molecule has 1 aromatic rings. The van der Waals surface area contributed by atoms with E-state index in [1.54, 1.807) is 0 Å². The number of carbonyl (C=O) groups is 1. The van der Waals surface area contributed by atoms with Gasteiger partial charge in [-0.3, -0.25) is 9.18 Å². The smallest absolute Gasteiger partial charge is 0.226 e. The van der Waals surface area contributed by atoms with Gasteiger partial charge in [-0.15, -0.1) is 0 Å². The highest BCUT2D eigenvalue weighted by Crippen LogP contribution is 2.71. The van der Waals surface area contributed by atoms with Crippen LogP contribution < -0.4 is 11.1 Å². The number of alkyl halides is 1. The molecule has 5 saturated carbocycles. The molecule has 4 heteroatoms. The highest BCUT2D eigenvalue weighted by Gasteiger charge is 2.65. The number of hydrogen-bond donors (Lipinski definition) is 2. The number of nitrogens with two attached hydrogens (primary N) is 1. The van der Waals surface area contributed by atoms with Gasteiger partial charge in [-0.2, -0.15) is 0 Å². The summed E-state index contributed by atoms with van der Waals surface area (Å²) in [5.74, 6) is 0.800. The van der Waals surface area contributed by atoms with Crippen LogP contribution in [0.5, 0.6) is 0 Å². The van der Waals surface area contributed by atoms with E-state index in [-0.39, 0.29) is 40.9 Å². The Hall–Kier alpha value is -1.42. The molecule has 4 atom stereocenters. The number of rotatable bonds is 5. The molecular weight excluding hydrogens is 363 g/mol. The number of benzene rings is 1. The molecule has 158 valence electrons. The maximum atomic E-state index is 13.7. The van der Waals surface area contributed by atoms with Gasteiger partial charge in [0.1, 0.15) is 0 Å². The minimum Gasteiger partial charge on any atom is -0.353 e. The first-order valence-electron chi connectivity index (χ1n) is 11.6. The van der Waals surface area contributed by atoms with Crippen LogP contribution in [0.25, 0.3) is 0 Å². The Morgan fingerprint density at radius 3 is 2.52 bits per heavy atom. The number of hydrogen-bond acceptors (Lipinski definition) is 2. The SMILES string of the molecule is NC1CCC(NC(=O)[C@]23CC4C[C@@](CCF)(C2)C[C@](c2ccccc2)(C4)C3)CC1. The Morgan fingerprint density at radius 2 is 1.79 bits per heavy atom. The molecule has 4 bridgehead atoms. The minimum absolute atomic E-state index is 0.00370. The average Bonchev–Trinajstić information content (AvgIpc) is 2.69. The maximum absolute atomic E-state index is 13.7. The van der Waals surface area contributed by atoms with Crippen LogP contribution in [0.1, 0.15) is 76.2 Å². The van der Waals surface area contributed by atoms with E-state index in [1.807, 2.05) is 0 Å². The maximum Gasteiger partial charge on any atom is 0.226 e. The van der Waals surface area contributed by atoms with Gasteiger partial charge < -0.3 is 11.1 Å². The van der Waals surface area contributed by atoms with Crippen molar-refractivity contribution in [2.75, 3.05) is 6.67 Å². The molecule has 3 nitrogen and oxygen atoms in total. The van der Waals surface area contributed by atoms with Gasteiger partial charge in [0.05, 0.1) is 12.1 Å². The molecule has 0 aromatic heterocycles. The highest BCUT2D eigenvalue weighted by molar-refractivity contribution is 5.84. The van der Waals surface area contributed by atoms with Crippen molar-refractivity contribution in [3.8, 4) is 0 Å². The number of amides is 1. The zero-order valence-electron chi connectivity index (χ0n) is 17.5. The lowest BCUT2D eigenvalue weighted by Crippen LogP contribution is -2.63. The average molecular weight is 399 g/mol. The third-order valence-electron chi connectivity index (χ3n) is 8.78. The minimum atomic E-state index is -0.315. The Bertz CT molecular complexity index is 761. The topological polar surface area (TPSA) is 55.1 Å². The largest absolute Gasteiger partial charge is 0.353 e. The Kier molecular flexibility index (Phi) is 4.77. The molecule has 0 saturated heterocycles. The molecule has 1 amide bonds. The van der Waals surface area contributed by atoms with Crippen LogP contribution in [0.2, 0.25) is 0 Å². The van der Waals surface area contributed by atoms with E-state index < -0.39 is 0 Å². The van der Waals surface area contributed by atoms with Crippen LogP contribution in [-0.4, -0.2) is 24.7 Å². The zero-order chi connectivity index (χ0) is 20.1. The predicted molar refractivity (Wildman–Crippen MR) is 113 cm³/mol. The number of nitrogens with one attached hydrogen (secondary N) is 1. The van der Waals surface area contributed by atoms with Gasteiger partial charge in [0.15, 0.2) is 0 Å². The molecule has 6 rings (SSSR count). The van der Waals surface area contributed by atoms with Crippen molar-refractivity contribution in [3.05, 3.63) is 35.9 Å². The zero-order valence-corrected chi connectivity index (χ0v) is 17.5. The Balaban J connectivity index is 1.46. The molecular formula is C25H35FN2O. The lowest BCUT2D eigenvalue weighted by atomic mass is 9.38. The summed E-state index contributed by atoms with van der Waals surface area (Å²) in [7, 11) is 0. The van der Waals surface area contributed by atoms with E-state index in [0.29, 0.717) is 12.3 Å². The van der Waals surface area contributed by atoms with E-state index in [4.69, 9.17) is 5.73 Å². The van der Waals surface area contributed by atoms with Crippen molar-refractivity contribution in [1.82, 2.24) is 5.32 Å². The van der Waals surface area contributed by atoms with Gasteiger partial charge in [-0.1, -0.05) is 30.3 Å². The third-order valence-corrected chi connectivity index (χ3v) is 8.78. The summed E-state index contributed by atoms with van der Waals surface area (Å²) in [5.41, 5.74) is 7.15.